The van der Waals surface area contributed by atoms with Crippen molar-refractivity contribution in [3.05, 3.63) is 83.4 Å². The molecule has 0 saturated carbocycles. The molecular formula is C22H17F2N5O. The van der Waals surface area contributed by atoms with Crippen LogP contribution < -0.4 is 5.32 Å². The number of amides is 1. The molecule has 1 amide bonds. The molecule has 1 atom stereocenters. The summed E-state index contributed by atoms with van der Waals surface area (Å²) in [6, 6.07) is 8.36. The zero-order chi connectivity index (χ0) is 20.7. The van der Waals surface area contributed by atoms with E-state index in [4.69, 9.17) is 0 Å². The molecule has 0 fully saturated rings. The summed E-state index contributed by atoms with van der Waals surface area (Å²) in [5.41, 5.74) is 3.66. The van der Waals surface area contributed by atoms with Crippen LogP contribution in [-0.4, -0.2) is 25.7 Å². The molecule has 0 bridgehead atoms. The molecule has 2 aromatic carbocycles. The molecule has 6 nitrogen and oxygen atoms in total. The standard InChI is InChI=1S/C22H17F2N5O/c23-13-9-14(24)11-15(10-13)29-20-6-2-4-18(17(20)12-27-29)28-22(30)16-3-1-5-19-21(16)26-8-7-25-19/h1,3,5,7-12,18H,2,4,6H2,(H,28,30). The third-order valence-corrected chi connectivity index (χ3v) is 5.32. The predicted molar refractivity (Wildman–Crippen MR) is 106 cm³/mol. The summed E-state index contributed by atoms with van der Waals surface area (Å²) in [5.74, 6) is -1.57. The Bertz CT molecular complexity index is 1240. The molecule has 5 rings (SSSR count). The molecule has 2 heterocycles. The Hall–Kier alpha value is -3.68. The summed E-state index contributed by atoms with van der Waals surface area (Å²) >= 11 is 0. The first kappa shape index (κ1) is 18.4. The van der Waals surface area contributed by atoms with Crippen LogP contribution in [0.2, 0.25) is 0 Å². The fourth-order valence-electron chi connectivity index (χ4n) is 4.00. The van der Waals surface area contributed by atoms with Crippen molar-refractivity contribution in [1.29, 1.82) is 0 Å². The number of halogens is 2. The molecule has 0 radical (unpaired) electrons. The van der Waals surface area contributed by atoms with Crippen LogP contribution in [-0.2, 0) is 6.42 Å². The second-order valence-corrected chi connectivity index (χ2v) is 7.23. The molecular weight excluding hydrogens is 388 g/mol. The normalized spacial score (nSPS) is 15.7. The number of carbonyl (C=O) groups is 1. The number of benzene rings is 2. The number of hydrogen-bond donors (Lipinski definition) is 1. The minimum Gasteiger partial charge on any atom is -0.345 e. The van der Waals surface area contributed by atoms with E-state index in [2.05, 4.69) is 20.4 Å². The molecule has 8 heteroatoms. The van der Waals surface area contributed by atoms with Gasteiger partial charge in [0.15, 0.2) is 0 Å². The number of rotatable bonds is 3. The zero-order valence-electron chi connectivity index (χ0n) is 15.8. The van der Waals surface area contributed by atoms with Crippen LogP contribution in [0, 0.1) is 11.6 Å². The Balaban J connectivity index is 1.47. The lowest BCUT2D eigenvalue weighted by Crippen LogP contribution is -2.31. The number of aromatic nitrogens is 4. The Morgan fingerprint density at radius 3 is 2.73 bits per heavy atom. The molecule has 150 valence electrons. The fourth-order valence-corrected chi connectivity index (χ4v) is 4.00. The highest BCUT2D eigenvalue weighted by Gasteiger charge is 2.27. The van der Waals surface area contributed by atoms with E-state index in [-0.39, 0.29) is 11.9 Å². The average Bonchev–Trinajstić information content (AvgIpc) is 3.18. The molecule has 2 aromatic heterocycles. The summed E-state index contributed by atoms with van der Waals surface area (Å²) < 4.78 is 28.9. The number of fused-ring (bicyclic) bond motifs is 2. The predicted octanol–water partition coefficient (Wildman–Crippen LogP) is 3.90. The van der Waals surface area contributed by atoms with E-state index in [1.54, 1.807) is 41.5 Å². The number of para-hydroxylation sites is 1. The molecule has 1 aliphatic rings. The highest BCUT2D eigenvalue weighted by Crippen LogP contribution is 2.32. The number of nitrogens with one attached hydrogen (secondary N) is 1. The Morgan fingerprint density at radius 1 is 1.10 bits per heavy atom. The van der Waals surface area contributed by atoms with Crippen molar-refractivity contribution in [2.24, 2.45) is 0 Å². The van der Waals surface area contributed by atoms with Crippen LogP contribution in [0.4, 0.5) is 8.78 Å². The summed E-state index contributed by atoms with van der Waals surface area (Å²) in [6.45, 7) is 0. The maximum atomic E-state index is 13.7. The number of nitrogens with zero attached hydrogens (tertiary/aromatic N) is 4. The van der Waals surface area contributed by atoms with Crippen LogP contribution >= 0.6 is 0 Å². The fraction of sp³-hybridized carbons (Fsp3) is 0.182. The van der Waals surface area contributed by atoms with Crippen LogP contribution in [0.5, 0.6) is 0 Å². The van der Waals surface area contributed by atoms with Gasteiger partial charge >= 0.3 is 0 Å². The van der Waals surface area contributed by atoms with Gasteiger partial charge < -0.3 is 5.32 Å². The highest BCUT2D eigenvalue weighted by atomic mass is 19.1. The van der Waals surface area contributed by atoms with Gasteiger partial charge in [0.1, 0.15) is 17.2 Å². The van der Waals surface area contributed by atoms with Gasteiger partial charge in [-0.05, 0) is 43.5 Å². The summed E-state index contributed by atoms with van der Waals surface area (Å²) in [6.07, 6.45) is 7.07. The average molecular weight is 405 g/mol. The smallest absolute Gasteiger partial charge is 0.254 e. The van der Waals surface area contributed by atoms with Crippen molar-refractivity contribution in [3.63, 3.8) is 0 Å². The van der Waals surface area contributed by atoms with Gasteiger partial charge in [-0.2, -0.15) is 5.10 Å². The molecule has 1 aliphatic carbocycles. The van der Waals surface area contributed by atoms with Gasteiger partial charge in [-0.15, -0.1) is 0 Å². The van der Waals surface area contributed by atoms with Crippen molar-refractivity contribution in [2.45, 2.75) is 25.3 Å². The van der Waals surface area contributed by atoms with Crippen LogP contribution in [0.15, 0.2) is 55.0 Å². The quantitative estimate of drug-likeness (QED) is 0.561. The largest absolute Gasteiger partial charge is 0.345 e. The molecule has 0 aliphatic heterocycles. The minimum atomic E-state index is -0.660. The van der Waals surface area contributed by atoms with Crippen LogP contribution in [0.25, 0.3) is 16.7 Å². The first-order valence-corrected chi connectivity index (χ1v) is 9.64. The summed E-state index contributed by atoms with van der Waals surface area (Å²) in [7, 11) is 0. The van der Waals surface area contributed by atoms with Crippen LogP contribution in [0.3, 0.4) is 0 Å². The first-order valence-electron chi connectivity index (χ1n) is 9.64. The lowest BCUT2D eigenvalue weighted by Gasteiger charge is -2.24. The van der Waals surface area contributed by atoms with Gasteiger partial charge in [0.2, 0.25) is 0 Å². The maximum absolute atomic E-state index is 13.7. The SMILES string of the molecule is O=C(NC1CCCc2c1cnn2-c1cc(F)cc(F)c1)c1cccc2nccnc12. The van der Waals surface area contributed by atoms with Gasteiger partial charge in [0.25, 0.3) is 5.91 Å². The molecule has 30 heavy (non-hydrogen) atoms. The van der Waals surface area contributed by atoms with E-state index in [1.165, 1.54) is 12.1 Å². The third kappa shape index (κ3) is 3.20. The maximum Gasteiger partial charge on any atom is 0.254 e. The zero-order valence-corrected chi connectivity index (χ0v) is 15.8. The second kappa shape index (κ2) is 7.29. The van der Waals surface area contributed by atoms with E-state index >= 15 is 0 Å². The number of carbonyl (C=O) groups excluding carboxylic acids is 1. The van der Waals surface area contributed by atoms with Crippen molar-refractivity contribution >= 4 is 16.9 Å². The van der Waals surface area contributed by atoms with Gasteiger partial charge in [-0.1, -0.05) is 6.07 Å². The van der Waals surface area contributed by atoms with Gasteiger partial charge in [0, 0.05) is 29.7 Å². The van der Waals surface area contributed by atoms with E-state index < -0.39 is 11.6 Å². The molecule has 0 saturated heterocycles. The monoisotopic (exact) mass is 405 g/mol. The van der Waals surface area contributed by atoms with E-state index in [1.807, 2.05) is 0 Å². The van der Waals surface area contributed by atoms with E-state index in [0.29, 0.717) is 28.7 Å². The van der Waals surface area contributed by atoms with Gasteiger partial charge in [-0.25, -0.2) is 13.5 Å². The first-order chi connectivity index (χ1) is 14.6. The second-order valence-electron chi connectivity index (χ2n) is 7.23. The Kier molecular flexibility index (Phi) is 4.46. The molecule has 1 unspecified atom stereocenters. The Labute approximate surface area is 170 Å². The third-order valence-electron chi connectivity index (χ3n) is 5.32. The van der Waals surface area contributed by atoms with Crippen molar-refractivity contribution in [3.8, 4) is 5.69 Å². The van der Waals surface area contributed by atoms with Crippen molar-refractivity contribution in [1.82, 2.24) is 25.1 Å². The van der Waals surface area contributed by atoms with Crippen molar-refractivity contribution < 1.29 is 13.6 Å². The number of hydrogen-bond acceptors (Lipinski definition) is 4. The van der Waals surface area contributed by atoms with E-state index in [9.17, 15) is 13.6 Å². The lowest BCUT2D eigenvalue weighted by molar-refractivity contribution is 0.0934. The van der Waals surface area contributed by atoms with Gasteiger partial charge in [-0.3, -0.25) is 14.8 Å². The Morgan fingerprint density at radius 2 is 1.90 bits per heavy atom. The summed E-state index contributed by atoms with van der Waals surface area (Å²) in [5, 5.41) is 7.40. The van der Waals surface area contributed by atoms with Crippen molar-refractivity contribution in [2.75, 3.05) is 0 Å². The van der Waals surface area contributed by atoms with Crippen LogP contribution in [0.1, 0.15) is 40.5 Å². The molecule has 4 aromatic rings. The lowest BCUT2D eigenvalue weighted by atomic mass is 9.92. The van der Waals surface area contributed by atoms with E-state index in [0.717, 1.165) is 30.2 Å². The molecule has 1 N–H and O–H groups in total. The minimum absolute atomic E-state index is 0.247. The topological polar surface area (TPSA) is 72.7 Å². The highest BCUT2D eigenvalue weighted by molar-refractivity contribution is 6.04. The van der Waals surface area contributed by atoms with Gasteiger partial charge in [0.05, 0.1) is 29.0 Å². The summed E-state index contributed by atoms with van der Waals surface area (Å²) in [4.78, 5) is 21.5. The molecule has 0 spiro atoms.